The molecular weight excluding hydrogens is 258 g/mol. The Morgan fingerprint density at radius 2 is 1.58 bits per heavy atom. The van der Waals surface area contributed by atoms with Gasteiger partial charge < -0.3 is 20.6 Å². The Labute approximate surface area is 109 Å². The molecule has 0 fully saturated rings. The maximum Gasteiger partial charge on any atom is 0.231 e. The van der Waals surface area contributed by atoms with Crippen molar-refractivity contribution in [1.82, 2.24) is 5.32 Å². The van der Waals surface area contributed by atoms with Crippen LogP contribution >= 0.6 is 0 Å². The van der Waals surface area contributed by atoms with E-state index in [4.69, 9.17) is 10.2 Å². The fourth-order valence-electron chi connectivity index (χ4n) is 1.25. The summed E-state index contributed by atoms with van der Waals surface area (Å²) in [5.41, 5.74) is 0. The molecule has 0 aliphatic rings. The molecule has 0 bridgehead atoms. The van der Waals surface area contributed by atoms with Gasteiger partial charge in [-0.15, -0.1) is 0 Å². The number of Topliss-reactive ketones (excluding diaryl/α,β-unsaturated/α-hetero) is 3. The van der Waals surface area contributed by atoms with Crippen LogP contribution in [0.25, 0.3) is 0 Å². The van der Waals surface area contributed by atoms with Crippen LogP contribution < -0.4 is 5.32 Å². The minimum Gasteiger partial charge on any atom is -0.393 e. The lowest BCUT2D eigenvalue weighted by Gasteiger charge is -2.18. The van der Waals surface area contributed by atoms with Gasteiger partial charge in [0, 0.05) is 6.92 Å². The second-order valence-corrected chi connectivity index (χ2v) is 3.89. The van der Waals surface area contributed by atoms with Crippen LogP contribution in [-0.2, 0) is 19.2 Å². The van der Waals surface area contributed by atoms with Crippen molar-refractivity contribution in [3.63, 3.8) is 0 Å². The van der Waals surface area contributed by atoms with Crippen LogP contribution in [0.5, 0.6) is 0 Å². The highest BCUT2D eigenvalue weighted by atomic mass is 16.3. The number of amides is 1. The van der Waals surface area contributed by atoms with Crippen molar-refractivity contribution in [2.45, 2.75) is 38.5 Å². The highest BCUT2D eigenvalue weighted by Crippen LogP contribution is 2.02. The van der Waals surface area contributed by atoms with Gasteiger partial charge in [-0.3, -0.25) is 19.2 Å². The second kappa shape index (κ2) is 7.72. The Kier molecular flexibility index (Phi) is 7.05. The zero-order chi connectivity index (χ0) is 15.2. The standard InChI is InChI=1S/C11H17NO7/c1-3-6(15)9(17)8(12-5(2)14)11(19)10(18)7(16)4-13/h6-8,13,15-16H,3-4H2,1-2H3,(H,12,14)/t6?,7-,8+/m1/s1. The first-order chi connectivity index (χ1) is 8.76. The van der Waals surface area contributed by atoms with Gasteiger partial charge in [-0.05, 0) is 6.42 Å². The molecule has 0 rings (SSSR count). The minimum absolute atomic E-state index is 0.00105. The van der Waals surface area contributed by atoms with Crippen LogP contribution in [0.1, 0.15) is 20.3 Å². The van der Waals surface area contributed by atoms with Crippen LogP contribution in [0.4, 0.5) is 0 Å². The summed E-state index contributed by atoms with van der Waals surface area (Å²) in [5, 5.41) is 28.9. The number of aliphatic hydroxyl groups is 3. The third kappa shape index (κ3) is 4.86. The van der Waals surface area contributed by atoms with Gasteiger partial charge in [-0.25, -0.2) is 0 Å². The molecule has 0 heterocycles. The Morgan fingerprint density at radius 1 is 1.05 bits per heavy atom. The lowest BCUT2D eigenvalue weighted by atomic mass is 9.97. The van der Waals surface area contributed by atoms with Gasteiger partial charge in [-0.2, -0.15) is 0 Å². The highest BCUT2D eigenvalue weighted by Gasteiger charge is 2.37. The van der Waals surface area contributed by atoms with Crippen molar-refractivity contribution < 1.29 is 34.5 Å². The van der Waals surface area contributed by atoms with Gasteiger partial charge in [0.05, 0.1) is 6.61 Å². The smallest absolute Gasteiger partial charge is 0.231 e. The molecule has 1 unspecified atom stereocenters. The number of aliphatic hydroxyl groups excluding tert-OH is 3. The third-order valence-electron chi connectivity index (χ3n) is 2.33. The predicted octanol–water partition coefficient (Wildman–Crippen LogP) is -2.68. The second-order valence-electron chi connectivity index (χ2n) is 3.89. The average molecular weight is 275 g/mol. The number of carbonyl (C=O) groups is 4. The number of hydrogen-bond acceptors (Lipinski definition) is 7. The van der Waals surface area contributed by atoms with Crippen LogP contribution in [0.2, 0.25) is 0 Å². The molecule has 108 valence electrons. The molecule has 1 amide bonds. The summed E-state index contributed by atoms with van der Waals surface area (Å²) in [6.07, 6.45) is -3.48. The fraction of sp³-hybridized carbons (Fsp3) is 0.636. The Hall–Kier alpha value is -1.64. The van der Waals surface area contributed by atoms with Crippen molar-refractivity contribution >= 4 is 23.3 Å². The molecule has 0 aliphatic heterocycles. The van der Waals surface area contributed by atoms with Crippen molar-refractivity contribution in [3.05, 3.63) is 0 Å². The Balaban J connectivity index is 5.15. The monoisotopic (exact) mass is 275 g/mol. The Morgan fingerprint density at radius 3 is 1.95 bits per heavy atom. The van der Waals surface area contributed by atoms with E-state index in [1.807, 2.05) is 5.32 Å². The first kappa shape index (κ1) is 17.4. The molecule has 8 nitrogen and oxygen atoms in total. The lowest BCUT2D eigenvalue weighted by molar-refractivity contribution is -0.148. The zero-order valence-corrected chi connectivity index (χ0v) is 10.6. The quantitative estimate of drug-likeness (QED) is 0.279. The Bertz CT molecular complexity index is 379. The first-order valence-electron chi connectivity index (χ1n) is 5.62. The van der Waals surface area contributed by atoms with Gasteiger partial charge in [0.25, 0.3) is 0 Å². The summed E-state index contributed by atoms with van der Waals surface area (Å²) in [6.45, 7) is 1.52. The van der Waals surface area contributed by atoms with Crippen molar-refractivity contribution in [1.29, 1.82) is 0 Å². The largest absolute Gasteiger partial charge is 0.393 e. The molecule has 19 heavy (non-hydrogen) atoms. The van der Waals surface area contributed by atoms with E-state index >= 15 is 0 Å². The fourth-order valence-corrected chi connectivity index (χ4v) is 1.25. The van der Waals surface area contributed by atoms with E-state index in [9.17, 15) is 24.3 Å². The molecule has 0 aliphatic carbocycles. The summed E-state index contributed by atoms with van der Waals surface area (Å²) in [4.78, 5) is 45.6. The molecule has 8 heteroatoms. The van der Waals surface area contributed by atoms with E-state index in [-0.39, 0.29) is 6.42 Å². The summed E-state index contributed by atoms with van der Waals surface area (Å²) >= 11 is 0. The zero-order valence-electron chi connectivity index (χ0n) is 10.6. The normalized spacial score (nSPS) is 15.2. The molecule has 0 spiro atoms. The number of ketones is 3. The number of hydrogen-bond donors (Lipinski definition) is 4. The van der Waals surface area contributed by atoms with Gasteiger partial charge in [-0.1, -0.05) is 6.92 Å². The number of nitrogens with one attached hydrogen (secondary N) is 1. The van der Waals surface area contributed by atoms with Crippen molar-refractivity contribution in [2.24, 2.45) is 0 Å². The molecule has 0 saturated heterocycles. The van der Waals surface area contributed by atoms with E-state index in [0.29, 0.717) is 0 Å². The number of carbonyl (C=O) groups excluding carboxylic acids is 4. The maximum absolute atomic E-state index is 11.7. The van der Waals surface area contributed by atoms with E-state index < -0.39 is 48.1 Å². The van der Waals surface area contributed by atoms with E-state index in [2.05, 4.69) is 0 Å². The van der Waals surface area contributed by atoms with E-state index in [1.54, 1.807) is 0 Å². The molecule has 0 radical (unpaired) electrons. The van der Waals surface area contributed by atoms with E-state index in [1.165, 1.54) is 6.92 Å². The average Bonchev–Trinajstić information content (AvgIpc) is 2.40. The van der Waals surface area contributed by atoms with Crippen LogP contribution in [0, 0.1) is 0 Å². The van der Waals surface area contributed by atoms with Crippen LogP contribution in [0.3, 0.4) is 0 Å². The molecule has 3 atom stereocenters. The lowest BCUT2D eigenvalue weighted by Crippen LogP contribution is -2.53. The summed E-state index contributed by atoms with van der Waals surface area (Å²) < 4.78 is 0. The molecular formula is C11H17NO7. The molecule has 0 aromatic carbocycles. The molecule has 0 saturated carbocycles. The molecule has 4 N–H and O–H groups in total. The van der Waals surface area contributed by atoms with Crippen LogP contribution in [-0.4, -0.2) is 63.4 Å². The summed E-state index contributed by atoms with van der Waals surface area (Å²) in [7, 11) is 0. The summed E-state index contributed by atoms with van der Waals surface area (Å²) in [6, 6.07) is -1.86. The predicted molar refractivity (Wildman–Crippen MR) is 62.0 cm³/mol. The summed E-state index contributed by atoms with van der Waals surface area (Å²) in [5.74, 6) is -4.57. The number of rotatable bonds is 8. The molecule has 0 aromatic heterocycles. The third-order valence-corrected chi connectivity index (χ3v) is 2.33. The maximum atomic E-state index is 11.7. The van der Waals surface area contributed by atoms with E-state index in [0.717, 1.165) is 6.92 Å². The van der Waals surface area contributed by atoms with Crippen LogP contribution in [0.15, 0.2) is 0 Å². The topological polar surface area (TPSA) is 141 Å². The van der Waals surface area contributed by atoms with Crippen molar-refractivity contribution in [3.8, 4) is 0 Å². The van der Waals surface area contributed by atoms with Crippen molar-refractivity contribution in [2.75, 3.05) is 6.61 Å². The van der Waals surface area contributed by atoms with Gasteiger partial charge >= 0.3 is 0 Å². The van der Waals surface area contributed by atoms with Gasteiger partial charge in [0.1, 0.15) is 12.2 Å². The SMILES string of the molecule is CCC(O)C(=O)[C@H](NC(C)=O)C(=O)C(=O)[C@H](O)CO. The first-order valence-corrected chi connectivity index (χ1v) is 5.62. The van der Waals surface area contributed by atoms with Gasteiger partial charge in [0.2, 0.25) is 17.5 Å². The molecule has 0 aromatic rings. The minimum atomic E-state index is -1.96. The van der Waals surface area contributed by atoms with Gasteiger partial charge in [0.15, 0.2) is 11.8 Å². The highest BCUT2D eigenvalue weighted by molar-refractivity contribution is 6.45.